The molecule has 0 N–H and O–H groups in total. The van der Waals surface area contributed by atoms with Gasteiger partial charge in [-0.05, 0) is 111 Å². The Balaban J connectivity index is 2.29. The molecule has 16 heteroatoms. The van der Waals surface area contributed by atoms with Gasteiger partial charge in [0.1, 0.15) is 37.1 Å². The summed E-state index contributed by atoms with van der Waals surface area (Å²) in [6.07, 6.45) is -12.2. The molecule has 16 nitrogen and oxygen atoms in total. The first-order valence-corrected chi connectivity index (χ1v) is 19.2. The zero-order valence-corrected chi connectivity index (χ0v) is 36.7. The molecule has 3 aliphatic heterocycles. The molecule has 0 unspecified atom stereocenters. The summed E-state index contributed by atoms with van der Waals surface area (Å²) in [5.74, 6) is -4.86. The number of methoxy groups -OCH3 is 2. The Labute approximate surface area is 332 Å². The lowest BCUT2D eigenvalue weighted by Crippen LogP contribution is -2.65. The number of hydrogen-bond donors (Lipinski definition) is 0. The molecule has 0 aromatic rings. The minimum Gasteiger partial charge on any atom is -0.462 e. The van der Waals surface area contributed by atoms with Crippen molar-refractivity contribution < 1.29 is 76.0 Å². The molecular formula is C40H68O16. The summed E-state index contributed by atoms with van der Waals surface area (Å²) >= 11 is 0. The van der Waals surface area contributed by atoms with Crippen molar-refractivity contribution in [1.82, 2.24) is 0 Å². The predicted molar refractivity (Wildman–Crippen MR) is 198 cm³/mol. The Morgan fingerprint density at radius 2 is 1.05 bits per heavy atom. The van der Waals surface area contributed by atoms with E-state index in [1.54, 1.807) is 111 Å². The van der Waals surface area contributed by atoms with Crippen LogP contribution >= 0.6 is 0 Å². The van der Waals surface area contributed by atoms with Crippen molar-refractivity contribution in [3.8, 4) is 0 Å². The minimum absolute atomic E-state index is 0.0371. The molecule has 324 valence electrons. The fraction of sp³-hybridized carbons (Fsp3) is 0.900. The van der Waals surface area contributed by atoms with Crippen molar-refractivity contribution in [1.29, 1.82) is 0 Å². The Bertz CT molecular complexity index is 1380. The lowest BCUT2D eigenvalue weighted by Gasteiger charge is -2.47. The molecule has 0 aliphatic carbocycles. The SMILES string of the molecule is COC(OC)[C@@H]1OC(C)(C)O[C@H]1[C@H](O[C@H]1O[C@H](COC(=O)C(C)(C)C)[C@@H](OC(=O)C(C)(C)C)[C@H](OC(=O)C(C)(C)C)[C@H]1OC(=O)C(C)(C)C)[C@H]1COC(C)(C)O1. The van der Waals surface area contributed by atoms with Gasteiger partial charge >= 0.3 is 23.9 Å². The van der Waals surface area contributed by atoms with Crippen LogP contribution in [0.2, 0.25) is 0 Å². The zero-order chi connectivity index (χ0) is 43.0. The Hall–Kier alpha value is -2.44. The van der Waals surface area contributed by atoms with Crippen LogP contribution in [-0.2, 0) is 76.0 Å². The van der Waals surface area contributed by atoms with E-state index in [2.05, 4.69) is 0 Å². The van der Waals surface area contributed by atoms with E-state index in [1.165, 1.54) is 14.2 Å². The third kappa shape index (κ3) is 12.3. The maximum Gasteiger partial charge on any atom is 0.311 e. The molecule has 0 radical (unpaired) electrons. The Morgan fingerprint density at radius 3 is 1.48 bits per heavy atom. The van der Waals surface area contributed by atoms with Crippen LogP contribution < -0.4 is 0 Å². The van der Waals surface area contributed by atoms with Crippen LogP contribution in [0.25, 0.3) is 0 Å². The molecule has 3 heterocycles. The first kappa shape index (κ1) is 47.9. The molecule has 3 aliphatic rings. The third-order valence-electron chi connectivity index (χ3n) is 9.06. The van der Waals surface area contributed by atoms with Crippen LogP contribution in [-0.4, -0.2) is 124 Å². The predicted octanol–water partition coefficient (Wildman–Crippen LogP) is 4.85. The maximum absolute atomic E-state index is 13.8. The molecule has 0 aromatic carbocycles. The van der Waals surface area contributed by atoms with Crippen molar-refractivity contribution in [2.45, 2.75) is 184 Å². The van der Waals surface area contributed by atoms with Crippen molar-refractivity contribution >= 4 is 23.9 Å². The fourth-order valence-corrected chi connectivity index (χ4v) is 5.85. The summed E-state index contributed by atoms with van der Waals surface area (Å²) in [5, 5.41) is 0. The van der Waals surface area contributed by atoms with Gasteiger partial charge in [-0.3, -0.25) is 19.2 Å². The lowest BCUT2D eigenvalue weighted by atomic mass is 9.92. The largest absolute Gasteiger partial charge is 0.462 e. The number of hydrogen-bond acceptors (Lipinski definition) is 16. The van der Waals surface area contributed by atoms with Gasteiger partial charge in [-0.15, -0.1) is 0 Å². The monoisotopic (exact) mass is 804 g/mol. The summed E-state index contributed by atoms with van der Waals surface area (Å²) in [5.41, 5.74) is -4.07. The van der Waals surface area contributed by atoms with E-state index in [1.807, 2.05) is 0 Å². The van der Waals surface area contributed by atoms with E-state index < -0.39 is 125 Å². The highest BCUT2D eigenvalue weighted by atomic mass is 16.8. The normalized spacial score (nSPS) is 30.1. The van der Waals surface area contributed by atoms with Crippen molar-refractivity contribution in [3.05, 3.63) is 0 Å². The molecule has 0 amide bonds. The summed E-state index contributed by atoms with van der Waals surface area (Å²) < 4.78 is 74.0. The highest BCUT2D eigenvalue weighted by Gasteiger charge is 2.59. The van der Waals surface area contributed by atoms with Gasteiger partial charge in [0, 0.05) is 14.2 Å². The topological polar surface area (TPSA) is 179 Å². The first-order chi connectivity index (χ1) is 25.3. The van der Waals surface area contributed by atoms with Crippen LogP contribution in [0.5, 0.6) is 0 Å². The number of ether oxygens (including phenoxy) is 12. The summed E-state index contributed by atoms with van der Waals surface area (Å²) in [6, 6.07) is 0. The van der Waals surface area contributed by atoms with Crippen molar-refractivity contribution in [3.63, 3.8) is 0 Å². The van der Waals surface area contributed by atoms with E-state index in [-0.39, 0.29) is 6.61 Å². The van der Waals surface area contributed by atoms with E-state index in [4.69, 9.17) is 56.8 Å². The van der Waals surface area contributed by atoms with Gasteiger partial charge in [0.2, 0.25) is 0 Å². The van der Waals surface area contributed by atoms with Crippen LogP contribution in [0.3, 0.4) is 0 Å². The maximum atomic E-state index is 13.8. The van der Waals surface area contributed by atoms with Gasteiger partial charge in [-0.2, -0.15) is 0 Å². The van der Waals surface area contributed by atoms with Gasteiger partial charge < -0.3 is 56.8 Å². The molecule has 9 atom stereocenters. The van der Waals surface area contributed by atoms with E-state index >= 15 is 0 Å². The second kappa shape index (κ2) is 17.4. The lowest BCUT2D eigenvalue weighted by molar-refractivity contribution is -0.334. The van der Waals surface area contributed by atoms with Gasteiger partial charge in [-0.1, -0.05) is 0 Å². The standard InChI is InChI=1S/C40H68O16/c1-35(2,3)31(41)47-19-21-23(51-32(42)36(4,5)6)25(52-33(43)37(7,8)9)27(53-34(44)38(10,11)12)30(49-21)50-24(22-20-48-39(13,14)54-22)26-28(29(45-17)46-18)56-40(15,16)55-26/h21-30H,19-20H2,1-18H3/t21-,22-,23-,24-,25+,26+,27-,28-,30-/m1/s1. The van der Waals surface area contributed by atoms with E-state index in [9.17, 15) is 19.2 Å². The van der Waals surface area contributed by atoms with Crippen LogP contribution in [0.4, 0.5) is 0 Å². The third-order valence-corrected chi connectivity index (χ3v) is 9.06. The molecule has 0 aromatic heterocycles. The Morgan fingerprint density at radius 1 is 0.607 bits per heavy atom. The molecule has 56 heavy (non-hydrogen) atoms. The summed E-state index contributed by atoms with van der Waals surface area (Å²) in [7, 11) is 2.91. The second-order valence-electron chi connectivity index (χ2n) is 19.6. The summed E-state index contributed by atoms with van der Waals surface area (Å²) in [4.78, 5) is 54.4. The second-order valence-corrected chi connectivity index (χ2v) is 19.6. The number of carbonyl (C=O) groups is 4. The molecule has 3 saturated heterocycles. The highest BCUT2D eigenvalue weighted by molar-refractivity contribution is 5.78. The van der Waals surface area contributed by atoms with Crippen LogP contribution in [0.1, 0.15) is 111 Å². The molecule has 3 fully saturated rings. The zero-order valence-electron chi connectivity index (χ0n) is 36.7. The van der Waals surface area contributed by atoms with Gasteiger partial charge in [0.05, 0.1) is 28.3 Å². The fourth-order valence-electron chi connectivity index (χ4n) is 5.85. The van der Waals surface area contributed by atoms with Crippen LogP contribution in [0.15, 0.2) is 0 Å². The highest BCUT2D eigenvalue weighted by Crippen LogP contribution is 2.41. The molecular weight excluding hydrogens is 736 g/mol. The molecule has 3 rings (SSSR count). The van der Waals surface area contributed by atoms with Gasteiger partial charge in [0.25, 0.3) is 0 Å². The average molecular weight is 805 g/mol. The van der Waals surface area contributed by atoms with E-state index in [0.29, 0.717) is 0 Å². The summed E-state index contributed by atoms with van der Waals surface area (Å²) in [6.45, 7) is 26.4. The van der Waals surface area contributed by atoms with Gasteiger partial charge in [0.15, 0.2) is 42.5 Å². The smallest absolute Gasteiger partial charge is 0.311 e. The average Bonchev–Trinajstić information content (AvgIpc) is 3.56. The number of esters is 4. The van der Waals surface area contributed by atoms with Crippen molar-refractivity contribution in [2.75, 3.05) is 27.4 Å². The number of rotatable bonds is 12. The van der Waals surface area contributed by atoms with Crippen molar-refractivity contribution in [2.24, 2.45) is 21.7 Å². The molecule has 0 bridgehead atoms. The first-order valence-electron chi connectivity index (χ1n) is 19.2. The number of carbonyl (C=O) groups excluding carboxylic acids is 4. The van der Waals surface area contributed by atoms with Crippen LogP contribution in [0, 0.1) is 21.7 Å². The quantitative estimate of drug-likeness (QED) is 0.148. The minimum atomic E-state index is -1.59. The van der Waals surface area contributed by atoms with E-state index in [0.717, 1.165) is 0 Å². The van der Waals surface area contributed by atoms with Gasteiger partial charge in [-0.25, -0.2) is 0 Å². The molecule has 0 spiro atoms. The Kier molecular flexibility index (Phi) is 14.9. The molecule has 0 saturated carbocycles.